The summed E-state index contributed by atoms with van der Waals surface area (Å²) in [5, 5.41) is 19.7. The Morgan fingerprint density at radius 2 is 1.94 bits per heavy atom. The van der Waals surface area contributed by atoms with Crippen LogP contribution in [0.15, 0.2) is 54.9 Å². The molecule has 3 heterocycles. The fourth-order valence-corrected chi connectivity index (χ4v) is 4.50. The molecule has 3 aromatic heterocycles. The number of benzene rings is 2. The minimum absolute atomic E-state index is 0.198. The van der Waals surface area contributed by atoms with E-state index in [9.17, 15) is 9.18 Å². The molecule has 1 N–H and O–H groups in total. The van der Waals surface area contributed by atoms with E-state index >= 15 is 0 Å². The molecule has 0 atom stereocenters. The Bertz CT molecular complexity index is 1420. The fourth-order valence-electron chi connectivity index (χ4n) is 3.45. The van der Waals surface area contributed by atoms with Gasteiger partial charge in [0, 0.05) is 11.1 Å². The molecule has 8 nitrogen and oxygen atoms in total. The van der Waals surface area contributed by atoms with Crippen molar-refractivity contribution in [3.8, 4) is 5.69 Å². The average molecular weight is 447 g/mol. The molecule has 32 heavy (non-hydrogen) atoms. The van der Waals surface area contributed by atoms with Crippen molar-refractivity contribution < 1.29 is 9.18 Å². The minimum atomic E-state index is -0.273. The SMILES string of the molecule is Cc1ccc(-n2cnnn2)cc1NC(=O)c1cc2c(C)nn(Cc3ccc(F)cc3)c2s1. The van der Waals surface area contributed by atoms with E-state index in [2.05, 4.69) is 25.9 Å². The van der Waals surface area contributed by atoms with E-state index in [4.69, 9.17) is 0 Å². The summed E-state index contributed by atoms with van der Waals surface area (Å²) in [5.74, 6) is -0.471. The van der Waals surface area contributed by atoms with Crippen LogP contribution in [0.1, 0.15) is 26.5 Å². The second-order valence-electron chi connectivity index (χ2n) is 7.41. The second kappa shape index (κ2) is 7.97. The number of nitrogens with zero attached hydrogens (tertiary/aromatic N) is 6. The topological polar surface area (TPSA) is 90.5 Å². The number of tetrazole rings is 1. The molecular weight excluding hydrogens is 429 g/mol. The van der Waals surface area contributed by atoms with E-state index in [1.165, 1.54) is 34.5 Å². The van der Waals surface area contributed by atoms with E-state index in [1.807, 2.05) is 42.8 Å². The van der Waals surface area contributed by atoms with Crippen LogP contribution in [0.3, 0.4) is 0 Å². The van der Waals surface area contributed by atoms with E-state index in [0.29, 0.717) is 17.1 Å². The van der Waals surface area contributed by atoms with Crippen LogP contribution >= 0.6 is 11.3 Å². The summed E-state index contributed by atoms with van der Waals surface area (Å²) in [6.45, 7) is 4.34. The molecule has 0 saturated carbocycles. The van der Waals surface area contributed by atoms with Gasteiger partial charge in [0.25, 0.3) is 5.91 Å². The summed E-state index contributed by atoms with van der Waals surface area (Å²) >= 11 is 1.38. The highest BCUT2D eigenvalue weighted by Gasteiger charge is 2.17. The molecule has 0 aliphatic heterocycles. The Kier molecular flexibility index (Phi) is 4.98. The fraction of sp³-hybridized carbons (Fsp3) is 0.136. The lowest BCUT2D eigenvalue weighted by Gasteiger charge is -2.09. The first-order chi connectivity index (χ1) is 15.5. The van der Waals surface area contributed by atoms with Crippen molar-refractivity contribution in [2.45, 2.75) is 20.4 Å². The van der Waals surface area contributed by atoms with Gasteiger partial charge in [-0.25, -0.2) is 9.07 Å². The van der Waals surface area contributed by atoms with Crippen LogP contribution in [0.25, 0.3) is 15.9 Å². The number of aromatic nitrogens is 6. The molecule has 0 spiro atoms. The highest BCUT2D eigenvalue weighted by Crippen LogP contribution is 2.30. The van der Waals surface area contributed by atoms with E-state index in [1.54, 1.807) is 12.1 Å². The van der Waals surface area contributed by atoms with E-state index in [-0.39, 0.29) is 11.7 Å². The number of nitrogens with one attached hydrogen (secondary N) is 1. The summed E-state index contributed by atoms with van der Waals surface area (Å²) in [4.78, 5) is 14.5. The number of aryl methyl sites for hydroxylation is 2. The molecule has 10 heteroatoms. The first kappa shape index (κ1) is 20.0. The zero-order chi connectivity index (χ0) is 22.2. The molecule has 0 bridgehead atoms. The Hall–Kier alpha value is -3.92. The lowest BCUT2D eigenvalue weighted by atomic mass is 10.1. The van der Waals surface area contributed by atoms with Crippen molar-refractivity contribution in [1.29, 1.82) is 0 Å². The van der Waals surface area contributed by atoms with Crippen molar-refractivity contribution in [3.63, 3.8) is 0 Å². The molecule has 0 unspecified atom stereocenters. The average Bonchev–Trinajstić information content (AvgIpc) is 3.51. The maximum Gasteiger partial charge on any atom is 0.265 e. The quantitative estimate of drug-likeness (QED) is 0.438. The smallest absolute Gasteiger partial charge is 0.265 e. The molecule has 0 fully saturated rings. The summed E-state index contributed by atoms with van der Waals surface area (Å²) in [6.07, 6.45) is 1.50. The Labute approximate surface area is 186 Å². The van der Waals surface area contributed by atoms with Gasteiger partial charge in [0.2, 0.25) is 0 Å². The minimum Gasteiger partial charge on any atom is -0.321 e. The maximum absolute atomic E-state index is 13.2. The standard InChI is InChI=1S/C22H18FN7OS/c1-13-3-8-17(30-12-24-27-28-30)9-19(13)25-21(31)20-10-18-14(2)26-29(22(18)32-20)11-15-4-6-16(23)7-5-15/h3-10,12H,11H2,1-2H3,(H,25,31). The predicted octanol–water partition coefficient (Wildman–Crippen LogP) is 4.13. The Morgan fingerprint density at radius 1 is 1.12 bits per heavy atom. The zero-order valence-corrected chi connectivity index (χ0v) is 18.1. The Morgan fingerprint density at radius 3 is 2.69 bits per heavy atom. The van der Waals surface area contributed by atoms with Gasteiger partial charge in [-0.05, 0) is 65.7 Å². The Balaban J connectivity index is 1.42. The molecule has 2 aromatic carbocycles. The van der Waals surface area contributed by atoms with Crippen molar-refractivity contribution in [2.75, 3.05) is 5.32 Å². The highest BCUT2D eigenvalue weighted by molar-refractivity contribution is 7.20. The van der Waals surface area contributed by atoms with Crippen molar-refractivity contribution in [1.82, 2.24) is 30.0 Å². The van der Waals surface area contributed by atoms with Gasteiger partial charge in [-0.3, -0.25) is 9.48 Å². The summed E-state index contributed by atoms with van der Waals surface area (Å²) in [7, 11) is 0. The number of carbonyl (C=O) groups is 1. The number of halogens is 1. The predicted molar refractivity (Wildman–Crippen MR) is 120 cm³/mol. The highest BCUT2D eigenvalue weighted by atomic mass is 32.1. The molecule has 0 saturated heterocycles. The van der Waals surface area contributed by atoms with Crippen LogP contribution in [0.4, 0.5) is 10.1 Å². The van der Waals surface area contributed by atoms with Crippen molar-refractivity contribution in [3.05, 3.63) is 82.4 Å². The van der Waals surface area contributed by atoms with Crippen LogP contribution in [-0.2, 0) is 6.54 Å². The lowest BCUT2D eigenvalue weighted by molar-refractivity contribution is 0.103. The summed E-state index contributed by atoms with van der Waals surface area (Å²) in [6, 6.07) is 13.8. The van der Waals surface area contributed by atoms with Crippen LogP contribution in [0.5, 0.6) is 0 Å². The molecule has 5 rings (SSSR count). The van der Waals surface area contributed by atoms with Crippen LogP contribution in [-0.4, -0.2) is 35.9 Å². The van der Waals surface area contributed by atoms with Gasteiger partial charge in [-0.2, -0.15) is 5.10 Å². The third kappa shape index (κ3) is 3.76. The van der Waals surface area contributed by atoms with Crippen LogP contribution < -0.4 is 5.32 Å². The third-order valence-electron chi connectivity index (χ3n) is 5.16. The number of hydrogen-bond donors (Lipinski definition) is 1. The van der Waals surface area contributed by atoms with Crippen LogP contribution in [0, 0.1) is 19.7 Å². The van der Waals surface area contributed by atoms with E-state index < -0.39 is 0 Å². The maximum atomic E-state index is 13.2. The van der Waals surface area contributed by atoms with Gasteiger partial charge in [0.1, 0.15) is 17.0 Å². The lowest BCUT2D eigenvalue weighted by Crippen LogP contribution is -2.12. The number of anilines is 1. The molecule has 0 aliphatic rings. The number of amides is 1. The third-order valence-corrected chi connectivity index (χ3v) is 6.31. The van der Waals surface area contributed by atoms with Gasteiger partial charge >= 0.3 is 0 Å². The second-order valence-corrected chi connectivity index (χ2v) is 8.44. The number of hydrogen-bond acceptors (Lipinski definition) is 6. The first-order valence-electron chi connectivity index (χ1n) is 9.85. The summed E-state index contributed by atoms with van der Waals surface area (Å²) < 4.78 is 16.6. The normalized spacial score (nSPS) is 11.2. The zero-order valence-electron chi connectivity index (χ0n) is 17.3. The number of thiophene rings is 1. The summed E-state index contributed by atoms with van der Waals surface area (Å²) in [5.41, 5.74) is 4.14. The van der Waals surface area contributed by atoms with Crippen LogP contribution in [0.2, 0.25) is 0 Å². The number of carbonyl (C=O) groups excluding carboxylic acids is 1. The van der Waals surface area contributed by atoms with Crippen molar-refractivity contribution in [2.24, 2.45) is 0 Å². The molecule has 5 aromatic rings. The molecule has 0 radical (unpaired) electrons. The van der Waals surface area contributed by atoms with Gasteiger partial charge in [0.05, 0.1) is 22.8 Å². The van der Waals surface area contributed by atoms with Gasteiger partial charge < -0.3 is 5.32 Å². The van der Waals surface area contributed by atoms with Gasteiger partial charge in [-0.15, -0.1) is 16.4 Å². The molecule has 0 aliphatic carbocycles. The number of rotatable bonds is 5. The molecule has 160 valence electrons. The molecule has 1 amide bonds. The first-order valence-corrected chi connectivity index (χ1v) is 10.7. The molecular formula is C22H18FN7OS. The monoisotopic (exact) mass is 447 g/mol. The van der Waals surface area contributed by atoms with E-state index in [0.717, 1.165) is 32.7 Å². The largest absolute Gasteiger partial charge is 0.321 e. The van der Waals surface area contributed by atoms with Gasteiger partial charge in [0.15, 0.2) is 0 Å². The van der Waals surface area contributed by atoms with Gasteiger partial charge in [-0.1, -0.05) is 18.2 Å². The van der Waals surface area contributed by atoms with Crippen molar-refractivity contribution >= 4 is 33.1 Å². The number of fused-ring (bicyclic) bond motifs is 1.